The van der Waals surface area contributed by atoms with Crippen molar-refractivity contribution < 1.29 is 9.59 Å². The fourth-order valence-corrected chi connectivity index (χ4v) is 2.54. The lowest BCUT2D eigenvalue weighted by atomic mass is 10.5. The summed E-state index contributed by atoms with van der Waals surface area (Å²) in [5, 5.41) is 0. The number of H-pyrrole nitrogens is 2. The molecule has 0 amide bonds. The van der Waals surface area contributed by atoms with Gasteiger partial charge in [0.25, 0.3) is 11.1 Å². The molecule has 4 heterocycles. The number of nitrogens with two attached hydrogens (primary N) is 2. The number of aromatic nitrogens is 8. The molecule has 16 nitrogen and oxygen atoms in total. The number of hydrogen-bond donors (Lipinski definition) is 4. The minimum atomic E-state index is -0.371. The van der Waals surface area contributed by atoms with Gasteiger partial charge in [0.15, 0.2) is 11.3 Å². The molecule has 4 aromatic heterocycles. The molecule has 0 aliphatic rings. The zero-order chi connectivity index (χ0) is 25.3. The molecule has 0 radical (unpaired) electrons. The van der Waals surface area contributed by atoms with Gasteiger partial charge in [-0.05, 0) is 0 Å². The highest BCUT2D eigenvalue weighted by Gasteiger charge is 2.09. The first kappa shape index (κ1) is 26.6. The van der Waals surface area contributed by atoms with E-state index in [2.05, 4.69) is 19.9 Å². The molecule has 0 saturated heterocycles. The quantitative estimate of drug-likeness (QED) is 0.215. The van der Waals surface area contributed by atoms with Crippen LogP contribution >= 0.6 is 0 Å². The predicted octanol–water partition coefficient (Wildman–Crippen LogP) is -3.76. The Labute approximate surface area is 184 Å². The number of aromatic amines is 2. The average molecular weight is 464 g/mol. The van der Waals surface area contributed by atoms with E-state index in [-0.39, 0.29) is 28.6 Å². The van der Waals surface area contributed by atoms with E-state index < -0.39 is 0 Å². The van der Waals surface area contributed by atoms with Crippen molar-refractivity contribution in [2.24, 2.45) is 39.7 Å². The van der Waals surface area contributed by atoms with Gasteiger partial charge in [0.2, 0.25) is 0 Å². The number of fused-ring (bicyclic) bond motifs is 2. The number of rotatable bonds is 1. The number of nitrogens with zero attached hydrogens (tertiary/aromatic N) is 6. The van der Waals surface area contributed by atoms with Crippen LogP contribution in [0.25, 0.3) is 22.3 Å². The molecule has 4 rings (SSSR count). The first-order chi connectivity index (χ1) is 15.6. The molecule has 0 atom stereocenters. The molecule has 0 bridgehead atoms. The van der Waals surface area contributed by atoms with Crippen LogP contribution in [0.2, 0.25) is 0 Å². The van der Waals surface area contributed by atoms with E-state index in [1.54, 1.807) is 14.1 Å². The highest BCUT2D eigenvalue weighted by atomic mass is 16.2. The minimum Gasteiger partial charge on any atom is -0.339 e. The van der Waals surface area contributed by atoms with Gasteiger partial charge in [0.05, 0.1) is 12.7 Å². The summed E-state index contributed by atoms with van der Waals surface area (Å²) in [6.07, 6.45) is 3.04. The van der Waals surface area contributed by atoms with E-state index in [1.807, 2.05) is 0 Å². The van der Waals surface area contributed by atoms with Crippen molar-refractivity contribution in [3.8, 4) is 0 Å². The van der Waals surface area contributed by atoms with E-state index in [0.29, 0.717) is 35.4 Å². The zero-order valence-electron chi connectivity index (χ0n) is 18.4. The van der Waals surface area contributed by atoms with Crippen LogP contribution in [0.15, 0.2) is 31.8 Å². The van der Waals surface area contributed by atoms with Gasteiger partial charge in [-0.1, -0.05) is 0 Å². The summed E-state index contributed by atoms with van der Waals surface area (Å²) in [4.78, 5) is 75.0. The standard InChI is InChI=1S/2C7H8N4O2.C2H8N2.CO2/c2*1-10-5-4(8-3-9-5)6(12)11(2)7(10)13;3-1-2-4;2-1-3/h2*3H,1-2H3,(H,8,9);1-4H2;. The molecule has 0 spiro atoms. The molecular weight excluding hydrogens is 440 g/mol. The second-order valence-electron chi connectivity index (χ2n) is 6.27. The lowest BCUT2D eigenvalue weighted by molar-refractivity contribution is -0.191. The van der Waals surface area contributed by atoms with E-state index >= 15 is 0 Å². The Kier molecular flexibility index (Phi) is 9.56. The largest absolute Gasteiger partial charge is 0.373 e. The molecule has 0 saturated carbocycles. The van der Waals surface area contributed by atoms with Crippen LogP contribution in [0.1, 0.15) is 0 Å². The van der Waals surface area contributed by atoms with E-state index in [0.717, 1.165) is 9.13 Å². The normalized spacial score (nSPS) is 9.76. The third-order valence-corrected chi connectivity index (χ3v) is 4.23. The Morgan fingerprint density at radius 2 is 1.03 bits per heavy atom. The second-order valence-corrected chi connectivity index (χ2v) is 6.27. The summed E-state index contributed by atoms with van der Waals surface area (Å²) in [7, 11) is 6.02. The van der Waals surface area contributed by atoms with Crippen molar-refractivity contribution in [1.29, 1.82) is 0 Å². The van der Waals surface area contributed by atoms with Gasteiger partial charge in [-0.15, -0.1) is 0 Å². The van der Waals surface area contributed by atoms with Gasteiger partial charge in [-0.25, -0.2) is 19.6 Å². The monoisotopic (exact) mass is 464 g/mol. The van der Waals surface area contributed by atoms with Crippen LogP contribution in [-0.4, -0.2) is 57.4 Å². The van der Waals surface area contributed by atoms with Crippen molar-refractivity contribution in [1.82, 2.24) is 38.2 Å². The average Bonchev–Trinajstić information content (AvgIpc) is 3.50. The van der Waals surface area contributed by atoms with E-state index in [9.17, 15) is 19.2 Å². The van der Waals surface area contributed by atoms with Gasteiger partial charge in [0.1, 0.15) is 11.0 Å². The molecule has 6 N–H and O–H groups in total. The maximum absolute atomic E-state index is 11.4. The lowest BCUT2D eigenvalue weighted by Crippen LogP contribution is -2.36. The Morgan fingerprint density at radius 1 is 0.727 bits per heavy atom. The molecule has 16 heteroatoms. The maximum atomic E-state index is 11.4. The Hall–Kier alpha value is -4.40. The van der Waals surface area contributed by atoms with Crippen molar-refractivity contribution in [2.45, 2.75) is 0 Å². The van der Waals surface area contributed by atoms with Crippen LogP contribution in [0.4, 0.5) is 0 Å². The molecule has 178 valence electrons. The SMILES string of the molecule is Cn1c(=O)c2[nH]cnc2n(C)c1=O.Cn1c(=O)c2[nH]cnc2n(C)c1=O.NCCN.O=C=O. The summed E-state index contributed by atoms with van der Waals surface area (Å²) < 4.78 is 4.74. The molecule has 33 heavy (non-hydrogen) atoms. The van der Waals surface area contributed by atoms with E-state index in [4.69, 9.17) is 21.1 Å². The summed E-state index contributed by atoms with van der Waals surface area (Å²) >= 11 is 0. The van der Waals surface area contributed by atoms with Gasteiger partial charge in [-0.3, -0.25) is 27.9 Å². The summed E-state index contributed by atoms with van der Waals surface area (Å²) in [5.41, 5.74) is 9.83. The number of nitrogens with one attached hydrogen (secondary N) is 2. The lowest BCUT2D eigenvalue weighted by Gasteiger charge is -2.00. The Balaban J connectivity index is 0.000000259. The third kappa shape index (κ3) is 5.65. The molecule has 0 aliphatic heterocycles. The molecule has 4 aromatic rings. The van der Waals surface area contributed by atoms with Crippen LogP contribution in [0, 0.1) is 0 Å². The molecule has 0 aromatic carbocycles. The minimum absolute atomic E-state index is 0.250. The van der Waals surface area contributed by atoms with Gasteiger partial charge >= 0.3 is 17.5 Å². The third-order valence-electron chi connectivity index (χ3n) is 4.23. The van der Waals surface area contributed by atoms with Gasteiger partial charge in [-0.2, -0.15) is 9.59 Å². The van der Waals surface area contributed by atoms with Crippen LogP contribution in [-0.2, 0) is 37.8 Å². The van der Waals surface area contributed by atoms with Crippen molar-refractivity contribution in [3.63, 3.8) is 0 Å². The van der Waals surface area contributed by atoms with Gasteiger partial charge in [0, 0.05) is 41.3 Å². The second kappa shape index (κ2) is 11.8. The molecular formula is C17H24N10O6. The molecule has 0 aliphatic carbocycles. The van der Waals surface area contributed by atoms with Crippen LogP contribution in [0.5, 0.6) is 0 Å². The first-order valence-electron chi connectivity index (χ1n) is 9.16. The highest BCUT2D eigenvalue weighted by Crippen LogP contribution is 1.98. The predicted molar refractivity (Wildman–Crippen MR) is 116 cm³/mol. The Morgan fingerprint density at radius 3 is 1.30 bits per heavy atom. The van der Waals surface area contributed by atoms with E-state index in [1.165, 1.54) is 35.9 Å². The summed E-state index contributed by atoms with van der Waals surface area (Å²) in [6, 6.07) is 0. The molecule has 0 fully saturated rings. The number of aryl methyl sites for hydroxylation is 2. The number of carbonyl (C=O) groups excluding carboxylic acids is 2. The summed E-state index contributed by atoms with van der Waals surface area (Å²) in [6.45, 7) is 1.19. The maximum Gasteiger partial charge on any atom is 0.373 e. The zero-order valence-corrected chi connectivity index (χ0v) is 18.4. The fourth-order valence-electron chi connectivity index (χ4n) is 2.54. The molecule has 0 unspecified atom stereocenters. The Bertz CT molecular complexity index is 1390. The smallest absolute Gasteiger partial charge is 0.339 e. The fraction of sp³-hybridized carbons (Fsp3) is 0.353. The van der Waals surface area contributed by atoms with Crippen LogP contribution in [0.3, 0.4) is 0 Å². The first-order valence-corrected chi connectivity index (χ1v) is 9.16. The van der Waals surface area contributed by atoms with Crippen molar-refractivity contribution in [2.75, 3.05) is 13.1 Å². The number of hydrogen-bond acceptors (Lipinski definition) is 10. The highest BCUT2D eigenvalue weighted by molar-refractivity contribution is 5.69. The summed E-state index contributed by atoms with van der Waals surface area (Å²) in [5.74, 6) is 0. The van der Waals surface area contributed by atoms with Crippen LogP contribution < -0.4 is 34.0 Å². The van der Waals surface area contributed by atoms with Crippen molar-refractivity contribution >= 4 is 28.5 Å². The van der Waals surface area contributed by atoms with Crippen molar-refractivity contribution in [3.05, 3.63) is 54.3 Å². The van der Waals surface area contributed by atoms with Gasteiger partial charge < -0.3 is 21.4 Å². The number of imidazole rings is 2. The topological polar surface area (TPSA) is 232 Å².